The van der Waals surface area contributed by atoms with Gasteiger partial charge in [-0.3, -0.25) is 14.4 Å². The molecule has 0 saturated heterocycles. The zero-order valence-corrected chi connectivity index (χ0v) is 12.9. The minimum Gasteiger partial charge on any atom is -0.480 e. The Morgan fingerprint density at radius 1 is 0.818 bits per heavy atom. The lowest BCUT2D eigenvalue weighted by Crippen LogP contribution is -2.29. The molecular weight excluding hydrogens is 296 g/mol. The zero-order valence-electron chi connectivity index (χ0n) is 12.9. The Morgan fingerprint density at radius 2 is 1.14 bits per heavy atom. The molecule has 0 aliphatic rings. The molecule has 3 atom stereocenters. The molecule has 0 aromatic rings. The quantitative estimate of drug-likeness (QED) is 0.265. The first-order valence-electron chi connectivity index (χ1n) is 6.62. The third-order valence-corrected chi connectivity index (χ3v) is 2.07. The summed E-state index contributed by atoms with van der Waals surface area (Å²) in [6.07, 6.45) is 2.16. The van der Waals surface area contributed by atoms with Crippen molar-refractivity contribution in [2.45, 2.75) is 51.2 Å². The highest BCUT2D eigenvalue weighted by Gasteiger charge is 2.09. The van der Waals surface area contributed by atoms with Crippen molar-refractivity contribution in [2.24, 2.45) is 22.9 Å². The minimum atomic E-state index is -0.963. The normalized spacial score (nSPS) is 13.4. The topological polar surface area (TPSA) is 216 Å². The molecule has 0 radical (unpaired) electrons. The van der Waals surface area contributed by atoms with Crippen molar-refractivity contribution in [1.82, 2.24) is 0 Å². The Hall–Kier alpha value is -1.75. The Balaban J connectivity index is -0.000000261. The van der Waals surface area contributed by atoms with Crippen LogP contribution in [0.15, 0.2) is 0 Å². The van der Waals surface area contributed by atoms with Crippen LogP contribution in [0.25, 0.3) is 0 Å². The molecule has 0 aliphatic carbocycles. The highest BCUT2D eigenvalue weighted by molar-refractivity contribution is 5.73. The summed E-state index contributed by atoms with van der Waals surface area (Å²) in [6.45, 7) is 3.44. The van der Waals surface area contributed by atoms with Gasteiger partial charge in [0.2, 0.25) is 0 Å². The molecule has 11 N–H and O–H groups in total. The van der Waals surface area contributed by atoms with Gasteiger partial charge in [-0.2, -0.15) is 0 Å². The summed E-state index contributed by atoms with van der Waals surface area (Å²) in [7, 11) is 0. The number of unbranched alkanes of at least 4 members (excludes halogenated alkanes) is 1. The molecule has 0 unspecified atom stereocenters. The molecule has 22 heavy (non-hydrogen) atoms. The van der Waals surface area contributed by atoms with E-state index in [4.69, 9.17) is 38.3 Å². The second-order valence-electron chi connectivity index (χ2n) is 4.48. The van der Waals surface area contributed by atoms with E-state index in [0.717, 1.165) is 12.8 Å². The Bertz CT molecular complexity index is 305. The van der Waals surface area contributed by atoms with Crippen molar-refractivity contribution in [1.29, 1.82) is 0 Å². The van der Waals surface area contributed by atoms with Crippen molar-refractivity contribution in [2.75, 3.05) is 6.54 Å². The van der Waals surface area contributed by atoms with Gasteiger partial charge in [0.15, 0.2) is 0 Å². The monoisotopic (exact) mass is 324 g/mol. The first-order chi connectivity index (χ1) is 9.97. The first kappa shape index (κ1) is 25.2. The molecular formula is C12H28N4O6. The molecule has 0 aromatic heterocycles. The number of aliphatic carboxylic acids is 3. The molecule has 0 bridgehead atoms. The molecule has 0 saturated carbocycles. The molecule has 0 fully saturated rings. The lowest BCUT2D eigenvalue weighted by molar-refractivity contribution is -0.139. The predicted octanol–water partition coefficient (Wildman–Crippen LogP) is -1.64. The number of carboxylic acid groups (broad SMARTS) is 3. The van der Waals surface area contributed by atoms with Crippen LogP contribution in [0.2, 0.25) is 0 Å². The summed E-state index contributed by atoms with van der Waals surface area (Å²) < 4.78 is 0. The van der Waals surface area contributed by atoms with Gasteiger partial charge in [-0.15, -0.1) is 0 Å². The van der Waals surface area contributed by atoms with Crippen LogP contribution in [0, 0.1) is 0 Å². The predicted molar refractivity (Wildman–Crippen MR) is 81.1 cm³/mol. The molecule has 10 heteroatoms. The molecule has 0 spiro atoms. The van der Waals surface area contributed by atoms with Gasteiger partial charge >= 0.3 is 17.9 Å². The average molecular weight is 324 g/mol. The number of rotatable bonds is 7. The van der Waals surface area contributed by atoms with Crippen LogP contribution < -0.4 is 22.9 Å². The van der Waals surface area contributed by atoms with E-state index < -0.39 is 36.0 Å². The van der Waals surface area contributed by atoms with E-state index in [0.29, 0.717) is 13.0 Å². The van der Waals surface area contributed by atoms with Gasteiger partial charge < -0.3 is 38.3 Å². The molecule has 0 rings (SSSR count). The van der Waals surface area contributed by atoms with Crippen LogP contribution in [0.5, 0.6) is 0 Å². The van der Waals surface area contributed by atoms with Crippen molar-refractivity contribution >= 4 is 17.9 Å². The number of nitrogens with two attached hydrogens (primary N) is 4. The highest BCUT2D eigenvalue weighted by atomic mass is 16.4. The SMILES string of the molecule is C[C@@H](N)C(=O)O.C[C@@H](N)C(=O)O.NCCCC[C@H](N)C(=O)O. The van der Waals surface area contributed by atoms with Crippen LogP contribution in [-0.2, 0) is 14.4 Å². The number of carboxylic acids is 3. The summed E-state index contributed by atoms with van der Waals surface area (Å²) in [6, 6.07) is -2.18. The summed E-state index contributed by atoms with van der Waals surface area (Å²) in [4.78, 5) is 29.3. The molecule has 10 nitrogen and oxygen atoms in total. The Kier molecular flexibility index (Phi) is 17.9. The van der Waals surface area contributed by atoms with E-state index in [-0.39, 0.29) is 0 Å². The molecule has 0 aliphatic heterocycles. The second kappa shape index (κ2) is 15.6. The highest BCUT2D eigenvalue weighted by Crippen LogP contribution is 1.96. The van der Waals surface area contributed by atoms with Crippen molar-refractivity contribution < 1.29 is 29.7 Å². The van der Waals surface area contributed by atoms with Crippen molar-refractivity contribution in [3.63, 3.8) is 0 Å². The molecule has 0 amide bonds. The summed E-state index contributed by atoms with van der Waals surface area (Å²) >= 11 is 0. The van der Waals surface area contributed by atoms with Gasteiger partial charge in [0.05, 0.1) is 0 Å². The summed E-state index contributed by atoms with van der Waals surface area (Å²) in [5.41, 5.74) is 20.1. The van der Waals surface area contributed by atoms with Crippen LogP contribution in [0.1, 0.15) is 33.1 Å². The Labute approximate surface area is 129 Å². The third-order valence-electron chi connectivity index (χ3n) is 2.07. The second-order valence-corrected chi connectivity index (χ2v) is 4.48. The molecule has 0 heterocycles. The summed E-state index contributed by atoms with van der Waals surface area (Å²) in [5, 5.41) is 24.1. The molecule has 0 aromatic carbocycles. The van der Waals surface area contributed by atoms with E-state index in [2.05, 4.69) is 0 Å². The van der Waals surface area contributed by atoms with Gasteiger partial charge in [0.25, 0.3) is 0 Å². The van der Waals surface area contributed by atoms with Gasteiger partial charge in [-0.1, -0.05) is 6.42 Å². The smallest absolute Gasteiger partial charge is 0.320 e. The first-order valence-corrected chi connectivity index (χ1v) is 6.62. The Morgan fingerprint density at radius 3 is 1.32 bits per heavy atom. The van der Waals surface area contributed by atoms with Crippen molar-refractivity contribution in [3.8, 4) is 0 Å². The largest absolute Gasteiger partial charge is 0.480 e. The van der Waals surface area contributed by atoms with Gasteiger partial charge in [-0.25, -0.2) is 0 Å². The number of carbonyl (C=O) groups is 3. The maximum absolute atomic E-state index is 10.1. The average Bonchev–Trinajstić information content (AvgIpc) is 2.39. The van der Waals surface area contributed by atoms with Crippen molar-refractivity contribution in [3.05, 3.63) is 0 Å². The van der Waals surface area contributed by atoms with Crippen LogP contribution in [0.3, 0.4) is 0 Å². The fourth-order valence-corrected chi connectivity index (χ4v) is 0.632. The van der Waals surface area contributed by atoms with E-state index >= 15 is 0 Å². The number of hydrogen-bond acceptors (Lipinski definition) is 7. The lowest BCUT2D eigenvalue weighted by Gasteiger charge is -2.03. The van der Waals surface area contributed by atoms with E-state index in [9.17, 15) is 14.4 Å². The minimum absolute atomic E-state index is 0.520. The zero-order chi connectivity index (χ0) is 18.3. The number of hydrogen-bond donors (Lipinski definition) is 7. The standard InChI is InChI=1S/C6H14N2O2.2C3H7NO2/c7-4-2-1-3-5(8)6(9)10;2*1-2(4)3(5)6/h5H,1-4,7-8H2,(H,9,10);2*2H,4H2,1H3,(H,5,6)/t5-;2*2-/m011/s1. The van der Waals surface area contributed by atoms with Gasteiger partial charge in [0, 0.05) is 0 Å². The fourth-order valence-electron chi connectivity index (χ4n) is 0.632. The van der Waals surface area contributed by atoms with Gasteiger partial charge in [0.1, 0.15) is 18.1 Å². The maximum Gasteiger partial charge on any atom is 0.320 e. The van der Waals surface area contributed by atoms with Gasteiger partial charge in [-0.05, 0) is 33.2 Å². The van der Waals surface area contributed by atoms with Crippen LogP contribution in [0.4, 0.5) is 0 Å². The van der Waals surface area contributed by atoms with Crippen LogP contribution in [-0.4, -0.2) is 57.9 Å². The molecule has 132 valence electrons. The van der Waals surface area contributed by atoms with E-state index in [1.54, 1.807) is 0 Å². The van der Waals surface area contributed by atoms with E-state index in [1.165, 1.54) is 13.8 Å². The van der Waals surface area contributed by atoms with E-state index in [1.807, 2.05) is 0 Å². The summed E-state index contributed by atoms with van der Waals surface area (Å²) in [5.74, 6) is -2.86. The maximum atomic E-state index is 10.1. The fraction of sp³-hybridized carbons (Fsp3) is 0.750. The van der Waals surface area contributed by atoms with Crippen LogP contribution >= 0.6 is 0 Å². The third kappa shape index (κ3) is 23.4. The lowest BCUT2D eigenvalue weighted by atomic mass is 10.1.